The van der Waals surface area contributed by atoms with Crippen molar-refractivity contribution in [1.29, 1.82) is 0 Å². The second-order valence-electron chi connectivity index (χ2n) is 4.42. The van der Waals surface area contributed by atoms with E-state index in [1.165, 1.54) is 0 Å². The van der Waals surface area contributed by atoms with Gasteiger partial charge in [-0.05, 0) is 45.5 Å². The minimum atomic E-state index is -1.39. The minimum Gasteiger partial charge on any atom is -0.0619 e. The summed E-state index contributed by atoms with van der Waals surface area (Å²) in [5.74, 6) is 0. The first-order chi connectivity index (χ1) is 9.18. The molecule has 0 fully saturated rings. The smallest absolute Gasteiger partial charge is 0.0366 e. The van der Waals surface area contributed by atoms with Crippen molar-refractivity contribution in [1.82, 2.24) is 0 Å². The molecule has 0 N–H and O–H groups in total. The molecule has 3 aromatic carbocycles. The van der Waals surface area contributed by atoms with Gasteiger partial charge >= 0.3 is 0 Å². The van der Waals surface area contributed by atoms with Crippen molar-refractivity contribution in [3.05, 3.63) is 71.8 Å². The van der Waals surface area contributed by atoms with E-state index in [4.69, 9.17) is 2.74 Å². The van der Waals surface area contributed by atoms with Gasteiger partial charge in [-0.2, -0.15) is 0 Å². The molecule has 80 valence electrons. The molecule has 0 unspecified atom stereocenters. The Kier molecular flexibility index (Phi) is 1.37. The summed E-state index contributed by atoms with van der Waals surface area (Å²) in [5, 5.41) is 2.26. The lowest BCUT2D eigenvalue weighted by atomic mass is 10.0. The van der Waals surface area contributed by atoms with Crippen molar-refractivity contribution in [3.63, 3.8) is 0 Å². The third-order valence-corrected chi connectivity index (χ3v) is 3.37. The van der Waals surface area contributed by atoms with Crippen LogP contribution in [0.1, 0.15) is 13.9 Å². The highest BCUT2D eigenvalue weighted by Crippen LogP contribution is 2.38. The van der Waals surface area contributed by atoms with Gasteiger partial charge in [0.2, 0.25) is 0 Å². The maximum Gasteiger partial charge on any atom is 0.0366 e. The van der Waals surface area contributed by atoms with Crippen LogP contribution in [0.15, 0.2) is 60.7 Å². The highest BCUT2D eigenvalue weighted by molar-refractivity contribution is 5.91. The summed E-state index contributed by atoms with van der Waals surface area (Å²) in [5.41, 5.74) is 3.61. The summed E-state index contributed by atoms with van der Waals surface area (Å²) in [7, 11) is 0. The Morgan fingerprint density at radius 1 is 0.706 bits per heavy atom. The molecule has 0 bridgehead atoms. The SMILES string of the molecule is [2H]C1([2H])c2ccccc2-c2cc3ccccc3cc21. The molecule has 1 aliphatic carbocycles. The fraction of sp³-hybridized carbons (Fsp3) is 0.0588. The molecule has 3 aromatic rings. The molecule has 1 aliphatic rings. The Labute approximate surface area is 103 Å². The predicted molar refractivity (Wildman–Crippen MR) is 72.2 cm³/mol. The lowest BCUT2D eigenvalue weighted by Crippen LogP contribution is -1.81. The van der Waals surface area contributed by atoms with E-state index < -0.39 is 6.37 Å². The van der Waals surface area contributed by atoms with Gasteiger partial charge < -0.3 is 0 Å². The Bertz CT molecular complexity index is 803. The Morgan fingerprint density at radius 2 is 1.41 bits per heavy atom. The Morgan fingerprint density at radius 3 is 2.29 bits per heavy atom. The third-order valence-electron chi connectivity index (χ3n) is 3.37. The molecule has 0 nitrogen and oxygen atoms in total. The van der Waals surface area contributed by atoms with Crippen LogP contribution >= 0.6 is 0 Å². The van der Waals surface area contributed by atoms with E-state index in [9.17, 15) is 0 Å². The second-order valence-corrected chi connectivity index (χ2v) is 4.42. The van der Waals surface area contributed by atoms with E-state index in [0.29, 0.717) is 0 Å². The van der Waals surface area contributed by atoms with Gasteiger partial charge in [0.25, 0.3) is 0 Å². The fourth-order valence-corrected chi connectivity index (χ4v) is 2.54. The van der Waals surface area contributed by atoms with Crippen molar-refractivity contribution in [2.24, 2.45) is 0 Å². The number of hydrogen-bond donors (Lipinski definition) is 0. The van der Waals surface area contributed by atoms with E-state index in [2.05, 4.69) is 12.1 Å². The highest BCUT2D eigenvalue weighted by Gasteiger charge is 2.17. The van der Waals surface area contributed by atoms with Crippen molar-refractivity contribution < 1.29 is 2.74 Å². The van der Waals surface area contributed by atoms with Crippen LogP contribution in [0.5, 0.6) is 0 Å². The molecule has 0 aromatic heterocycles. The lowest BCUT2D eigenvalue weighted by molar-refractivity contribution is 1.27. The zero-order valence-corrected chi connectivity index (χ0v) is 9.27. The molecule has 0 saturated carbocycles. The molecule has 0 aliphatic heterocycles. The van der Waals surface area contributed by atoms with E-state index in [1.54, 1.807) is 0 Å². The molecular formula is C17H12. The van der Waals surface area contributed by atoms with Crippen LogP contribution in [0, 0.1) is 0 Å². The molecule has 0 atom stereocenters. The average Bonchev–Trinajstić information content (AvgIpc) is 2.66. The van der Waals surface area contributed by atoms with Gasteiger partial charge in [-0.15, -0.1) is 0 Å². The third kappa shape index (κ3) is 1.24. The van der Waals surface area contributed by atoms with Gasteiger partial charge in [0.15, 0.2) is 0 Å². The first kappa shape index (κ1) is 7.29. The standard InChI is InChI=1S/C17H12/c1-2-6-13-11-17-15(9-12(13)5-1)10-14-7-3-4-8-16(14)17/h1-9,11H,10H2/i10D2. The van der Waals surface area contributed by atoms with Crippen LogP contribution in [-0.4, -0.2) is 0 Å². The van der Waals surface area contributed by atoms with Crippen LogP contribution in [0.25, 0.3) is 21.9 Å². The molecular weight excluding hydrogens is 204 g/mol. The quantitative estimate of drug-likeness (QED) is 0.524. The van der Waals surface area contributed by atoms with Crippen molar-refractivity contribution >= 4 is 10.8 Å². The summed E-state index contributed by atoms with van der Waals surface area (Å²) in [6, 6.07) is 20.0. The van der Waals surface area contributed by atoms with Gasteiger partial charge in [-0.25, -0.2) is 0 Å². The number of hydrogen-bond acceptors (Lipinski definition) is 0. The van der Waals surface area contributed by atoms with Crippen LogP contribution in [-0.2, 0) is 6.37 Å². The molecule has 0 heteroatoms. The van der Waals surface area contributed by atoms with E-state index in [-0.39, 0.29) is 0 Å². The molecule has 0 spiro atoms. The second kappa shape index (κ2) is 3.21. The predicted octanol–water partition coefficient (Wildman–Crippen LogP) is 4.41. The first-order valence-corrected chi connectivity index (χ1v) is 5.81. The topological polar surface area (TPSA) is 0 Å². The zero-order chi connectivity index (χ0) is 13.0. The van der Waals surface area contributed by atoms with Crippen LogP contribution < -0.4 is 0 Å². The molecule has 0 saturated heterocycles. The van der Waals surface area contributed by atoms with Crippen molar-refractivity contribution in [2.75, 3.05) is 0 Å². The molecule has 4 rings (SSSR count). The summed E-state index contributed by atoms with van der Waals surface area (Å²) in [4.78, 5) is 0. The van der Waals surface area contributed by atoms with E-state index in [1.807, 2.05) is 48.5 Å². The number of fused-ring (bicyclic) bond motifs is 4. The molecule has 17 heavy (non-hydrogen) atoms. The van der Waals surface area contributed by atoms with Crippen LogP contribution in [0.2, 0.25) is 0 Å². The maximum atomic E-state index is 8.39. The minimum absolute atomic E-state index is 0.778. The Balaban J connectivity index is 2.15. The zero-order valence-electron chi connectivity index (χ0n) is 11.3. The maximum absolute atomic E-state index is 8.39. The number of benzene rings is 3. The van der Waals surface area contributed by atoms with Gasteiger partial charge in [0, 0.05) is 2.74 Å². The Hall–Kier alpha value is -2.08. The largest absolute Gasteiger partial charge is 0.0619 e. The summed E-state index contributed by atoms with van der Waals surface area (Å²) in [6.07, 6.45) is -1.39. The summed E-state index contributed by atoms with van der Waals surface area (Å²) >= 11 is 0. The lowest BCUT2D eigenvalue weighted by Gasteiger charge is -2.03. The summed E-state index contributed by atoms with van der Waals surface area (Å²) < 4.78 is 16.8. The van der Waals surface area contributed by atoms with Crippen LogP contribution in [0.4, 0.5) is 0 Å². The summed E-state index contributed by atoms with van der Waals surface area (Å²) in [6.45, 7) is 0. The fourth-order valence-electron chi connectivity index (χ4n) is 2.54. The van der Waals surface area contributed by atoms with Crippen molar-refractivity contribution in [2.45, 2.75) is 6.37 Å². The average molecular weight is 218 g/mol. The molecule has 0 radical (unpaired) electrons. The number of rotatable bonds is 0. The highest BCUT2D eigenvalue weighted by atomic mass is 14.2. The van der Waals surface area contributed by atoms with Gasteiger partial charge in [-0.1, -0.05) is 54.6 Å². The van der Waals surface area contributed by atoms with Gasteiger partial charge in [-0.3, -0.25) is 0 Å². The first-order valence-electron chi connectivity index (χ1n) is 6.81. The molecule has 0 amide bonds. The normalized spacial score (nSPS) is 17.2. The van der Waals surface area contributed by atoms with Crippen LogP contribution in [0.3, 0.4) is 0 Å². The monoisotopic (exact) mass is 218 g/mol. The van der Waals surface area contributed by atoms with E-state index in [0.717, 1.165) is 33.0 Å². The van der Waals surface area contributed by atoms with E-state index >= 15 is 0 Å². The van der Waals surface area contributed by atoms with Gasteiger partial charge in [0.05, 0.1) is 0 Å². The molecule has 0 heterocycles. The van der Waals surface area contributed by atoms with Crippen molar-refractivity contribution in [3.8, 4) is 11.1 Å². The van der Waals surface area contributed by atoms with Gasteiger partial charge in [0.1, 0.15) is 0 Å².